The maximum Gasteiger partial charge on any atom is 0.386 e. The Morgan fingerprint density at radius 2 is 1.49 bits per heavy atom. The molecular formula is C33H41F3O. The molecule has 1 atom stereocenters. The maximum absolute atomic E-state index is 15.1. The largest absolute Gasteiger partial charge is 0.386 e. The average molecular weight is 511 g/mol. The van der Waals surface area contributed by atoms with Crippen LogP contribution in [-0.4, -0.2) is 0 Å². The van der Waals surface area contributed by atoms with Gasteiger partial charge < -0.3 is 4.74 Å². The van der Waals surface area contributed by atoms with Crippen LogP contribution in [0, 0.1) is 17.7 Å². The normalized spacial score (nSPS) is 25.4. The summed E-state index contributed by atoms with van der Waals surface area (Å²) < 4.78 is 50.2. The SMILES string of the molecule is C=CCCC1CCC(c2ccc(C(F)(F)OC(C)c3ccc(C4CCC(C=C)CC4)cc3)c(F)c2)CC1. The van der Waals surface area contributed by atoms with Gasteiger partial charge in [-0.2, -0.15) is 8.78 Å². The number of benzene rings is 2. The second-order valence-corrected chi connectivity index (χ2v) is 11.1. The summed E-state index contributed by atoms with van der Waals surface area (Å²) in [5, 5.41) is 0. The van der Waals surface area contributed by atoms with Gasteiger partial charge in [0.2, 0.25) is 0 Å². The summed E-state index contributed by atoms with van der Waals surface area (Å²) in [5.74, 6) is 1.11. The predicted molar refractivity (Wildman–Crippen MR) is 145 cm³/mol. The Kier molecular flexibility index (Phi) is 9.34. The molecule has 0 spiro atoms. The molecule has 0 N–H and O–H groups in total. The van der Waals surface area contributed by atoms with E-state index in [2.05, 4.69) is 13.2 Å². The second kappa shape index (κ2) is 12.5. The van der Waals surface area contributed by atoms with Gasteiger partial charge in [0.1, 0.15) is 5.82 Å². The Bertz CT molecular complexity index is 1030. The molecule has 1 unspecified atom stereocenters. The van der Waals surface area contributed by atoms with E-state index in [1.807, 2.05) is 36.4 Å². The number of allylic oxidation sites excluding steroid dienone is 2. The van der Waals surface area contributed by atoms with E-state index < -0.39 is 23.6 Å². The van der Waals surface area contributed by atoms with Crippen LogP contribution >= 0.6 is 0 Å². The first-order valence-corrected chi connectivity index (χ1v) is 14.0. The van der Waals surface area contributed by atoms with Crippen LogP contribution in [0.5, 0.6) is 0 Å². The van der Waals surface area contributed by atoms with E-state index >= 15 is 8.78 Å². The molecule has 0 saturated heterocycles. The first-order chi connectivity index (χ1) is 17.8. The fraction of sp³-hybridized carbons (Fsp3) is 0.515. The van der Waals surface area contributed by atoms with Crippen molar-refractivity contribution < 1.29 is 17.9 Å². The fourth-order valence-electron chi connectivity index (χ4n) is 6.24. The molecular weight excluding hydrogens is 469 g/mol. The summed E-state index contributed by atoms with van der Waals surface area (Å²) in [7, 11) is 0. The van der Waals surface area contributed by atoms with Crippen molar-refractivity contribution >= 4 is 0 Å². The van der Waals surface area contributed by atoms with Crippen molar-refractivity contribution in [1.82, 2.24) is 0 Å². The maximum atomic E-state index is 15.1. The summed E-state index contributed by atoms with van der Waals surface area (Å²) in [6.07, 6.45) is 10.2. The molecule has 0 heterocycles. The van der Waals surface area contributed by atoms with E-state index in [0.717, 1.165) is 69.8 Å². The highest BCUT2D eigenvalue weighted by Gasteiger charge is 2.38. The van der Waals surface area contributed by atoms with Crippen molar-refractivity contribution in [1.29, 1.82) is 0 Å². The average Bonchev–Trinajstić information content (AvgIpc) is 2.92. The minimum absolute atomic E-state index is 0.224. The molecule has 1 nitrogen and oxygen atoms in total. The van der Waals surface area contributed by atoms with Gasteiger partial charge in [0.05, 0.1) is 11.7 Å². The van der Waals surface area contributed by atoms with Crippen LogP contribution in [0.4, 0.5) is 13.2 Å². The molecule has 0 aromatic heterocycles. The molecule has 4 heteroatoms. The van der Waals surface area contributed by atoms with Gasteiger partial charge in [-0.15, -0.1) is 13.2 Å². The lowest BCUT2D eigenvalue weighted by atomic mass is 9.77. The fourth-order valence-corrected chi connectivity index (χ4v) is 6.24. The lowest BCUT2D eigenvalue weighted by molar-refractivity contribution is -0.273. The molecule has 2 aromatic rings. The van der Waals surface area contributed by atoms with Crippen molar-refractivity contribution in [2.75, 3.05) is 0 Å². The van der Waals surface area contributed by atoms with E-state index in [4.69, 9.17) is 4.74 Å². The Morgan fingerprint density at radius 3 is 2.08 bits per heavy atom. The van der Waals surface area contributed by atoms with Crippen LogP contribution in [0.2, 0.25) is 0 Å². The van der Waals surface area contributed by atoms with E-state index in [1.165, 1.54) is 17.7 Å². The van der Waals surface area contributed by atoms with Crippen molar-refractivity contribution in [3.05, 3.63) is 95.8 Å². The number of rotatable bonds is 10. The van der Waals surface area contributed by atoms with Gasteiger partial charge in [0, 0.05) is 0 Å². The molecule has 0 bridgehead atoms. The van der Waals surface area contributed by atoms with Crippen LogP contribution in [0.1, 0.15) is 111 Å². The number of hydrogen-bond donors (Lipinski definition) is 0. The summed E-state index contributed by atoms with van der Waals surface area (Å²) in [6, 6.07) is 11.9. The minimum atomic E-state index is -3.72. The van der Waals surface area contributed by atoms with Gasteiger partial charge in [0.25, 0.3) is 0 Å². The number of ether oxygens (including phenoxy) is 1. The van der Waals surface area contributed by atoms with Crippen LogP contribution in [0.3, 0.4) is 0 Å². The van der Waals surface area contributed by atoms with Crippen LogP contribution in [-0.2, 0) is 10.8 Å². The van der Waals surface area contributed by atoms with Crippen molar-refractivity contribution in [2.24, 2.45) is 11.8 Å². The van der Waals surface area contributed by atoms with E-state index in [9.17, 15) is 4.39 Å². The van der Waals surface area contributed by atoms with Gasteiger partial charge in [-0.1, -0.05) is 42.5 Å². The Balaban J connectivity index is 1.36. The van der Waals surface area contributed by atoms with Crippen LogP contribution in [0.25, 0.3) is 0 Å². The van der Waals surface area contributed by atoms with Crippen LogP contribution in [0.15, 0.2) is 67.8 Å². The Hall–Kier alpha value is -2.33. The second-order valence-electron chi connectivity index (χ2n) is 11.1. The van der Waals surface area contributed by atoms with Gasteiger partial charge >= 0.3 is 6.11 Å². The van der Waals surface area contributed by atoms with Gasteiger partial charge in [-0.05, 0) is 124 Å². The highest BCUT2D eigenvalue weighted by atomic mass is 19.3. The molecule has 37 heavy (non-hydrogen) atoms. The Labute approximate surface area is 220 Å². The van der Waals surface area contributed by atoms with Crippen molar-refractivity contribution in [3.63, 3.8) is 0 Å². The van der Waals surface area contributed by atoms with E-state index in [-0.39, 0.29) is 5.92 Å². The highest BCUT2D eigenvalue weighted by Crippen LogP contribution is 2.41. The molecule has 0 amide bonds. The van der Waals surface area contributed by atoms with Crippen molar-refractivity contribution in [3.8, 4) is 0 Å². The van der Waals surface area contributed by atoms with E-state index in [0.29, 0.717) is 23.3 Å². The van der Waals surface area contributed by atoms with Gasteiger partial charge in [-0.3, -0.25) is 0 Å². The third kappa shape index (κ3) is 6.96. The third-order valence-corrected chi connectivity index (χ3v) is 8.71. The minimum Gasteiger partial charge on any atom is -0.309 e. The topological polar surface area (TPSA) is 9.23 Å². The number of halogens is 3. The molecule has 2 aromatic carbocycles. The highest BCUT2D eigenvalue weighted by molar-refractivity contribution is 5.30. The molecule has 4 rings (SSSR count). The smallest absolute Gasteiger partial charge is 0.309 e. The monoisotopic (exact) mass is 510 g/mol. The third-order valence-electron chi connectivity index (χ3n) is 8.71. The molecule has 0 radical (unpaired) electrons. The van der Waals surface area contributed by atoms with Gasteiger partial charge in [-0.25, -0.2) is 4.39 Å². The molecule has 2 saturated carbocycles. The van der Waals surface area contributed by atoms with E-state index in [1.54, 1.807) is 13.0 Å². The Morgan fingerprint density at radius 1 is 0.892 bits per heavy atom. The lowest BCUT2D eigenvalue weighted by Crippen LogP contribution is -2.22. The molecule has 0 aliphatic heterocycles. The zero-order valence-corrected chi connectivity index (χ0v) is 22.1. The van der Waals surface area contributed by atoms with Crippen molar-refractivity contribution in [2.45, 2.75) is 95.2 Å². The molecule has 2 aliphatic carbocycles. The van der Waals surface area contributed by atoms with Gasteiger partial charge in [0.15, 0.2) is 0 Å². The van der Waals surface area contributed by atoms with Crippen LogP contribution < -0.4 is 0 Å². The first-order valence-electron chi connectivity index (χ1n) is 14.0. The summed E-state index contributed by atoms with van der Waals surface area (Å²) >= 11 is 0. The molecule has 2 fully saturated rings. The lowest BCUT2D eigenvalue weighted by Gasteiger charge is -2.29. The standard InChI is InChI=1S/C33H41F3O/c1-4-6-7-25-10-14-29(15-11-25)30-20-21-31(32(34)22-30)33(35,36)37-23(3)26-16-18-28(19-17-26)27-12-8-24(5-2)9-13-27/h4-5,16-25,27,29H,1-2,6-15H2,3H3. The quantitative estimate of drug-likeness (QED) is 0.289. The zero-order valence-electron chi connectivity index (χ0n) is 22.1. The molecule has 2 aliphatic rings. The summed E-state index contributed by atoms with van der Waals surface area (Å²) in [5.41, 5.74) is 2.01. The number of hydrogen-bond acceptors (Lipinski definition) is 1. The zero-order chi connectivity index (χ0) is 26.4. The summed E-state index contributed by atoms with van der Waals surface area (Å²) in [4.78, 5) is 0. The first kappa shape index (κ1) is 27.7. The molecule has 200 valence electrons. The summed E-state index contributed by atoms with van der Waals surface area (Å²) in [6.45, 7) is 9.29. The predicted octanol–water partition coefficient (Wildman–Crippen LogP) is 10.4. The number of alkyl halides is 2.